The fourth-order valence-electron chi connectivity index (χ4n) is 3.32. The van der Waals surface area contributed by atoms with Crippen LogP contribution in [-0.4, -0.2) is 24.6 Å². The van der Waals surface area contributed by atoms with Crippen LogP contribution in [0.1, 0.15) is 25.5 Å². The molecule has 6 heteroatoms. The van der Waals surface area contributed by atoms with E-state index in [2.05, 4.69) is 5.32 Å². The summed E-state index contributed by atoms with van der Waals surface area (Å²) in [5.74, 6) is 2.17. The third-order valence-corrected chi connectivity index (χ3v) is 4.68. The minimum Gasteiger partial charge on any atom is -0.493 e. The Morgan fingerprint density at radius 2 is 1.72 bits per heavy atom. The monoisotopic (exact) mass is 341 g/mol. The molecule has 1 unspecified atom stereocenters. The second kappa shape index (κ2) is 5.58. The molecule has 25 heavy (non-hydrogen) atoms. The Labute approximate surface area is 145 Å². The first kappa shape index (κ1) is 15.6. The lowest BCUT2D eigenvalue weighted by Gasteiger charge is -2.39. The number of fused-ring (bicyclic) bond motifs is 2. The average Bonchev–Trinajstić information content (AvgIpc) is 3.04. The number of nitrogens with one attached hydrogen (secondary N) is 1. The Balaban J connectivity index is 1.72. The molecule has 130 valence electrons. The van der Waals surface area contributed by atoms with Crippen LogP contribution in [0.15, 0.2) is 36.4 Å². The van der Waals surface area contributed by atoms with Gasteiger partial charge in [-0.2, -0.15) is 0 Å². The number of carbonyl (C=O) groups is 1. The first-order valence-electron chi connectivity index (χ1n) is 8.10. The largest absolute Gasteiger partial charge is 0.493 e. The molecule has 0 aromatic heterocycles. The summed E-state index contributed by atoms with van der Waals surface area (Å²) in [6.07, 6.45) is -1.04. The highest BCUT2D eigenvalue weighted by Crippen LogP contribution is 2.44. The highest BCUT2D eigenvalue weighted by Gasteiger charge is 2.38. The number of hydrogen-bond acceptors (Lipinski definition) is 4. The third-order valence-electron chi connectivity index (χ3n) is 4.68. The highest BCUT2D eigenvalue weighted by atomic mass is 16.7. The van der Waals surface area contributed by atoms with Crippen LogP contribution in [0.5, 0.6) is 17.2 Å². The van der Waals surface area contributed by atoms with Gasteiger partial charge in [0.2, 0.25) is 6.79 Å². The van der Waals surface area contributed by atoms with Crippen LogP contribution < -0.4 is 19.5 Å². The summed E-state index contributed by atoms with van der Waals surface area (Å²) in [6, 6.07) is 11.3. The van der Waals surface area contributed by atoms with Crippen LogP contribution >= 0.6 is 0 Å². The van der Waals surface area contributed by atoms with Crippen molar-refractivity contribution in [3.05, 3.63) is 42.0 Å². The van der Waals surface area contributed by atoms with E-state index in [9.17, 15) is 4.79 Å². The van der Waals surface area contributed by atoms with E-state index in [1.807, 2.05) is 50.2 Å². The fourth-order valence-corrected chi connectivity index (χ4v) is 3.32. The molecule has 2 N–H and O–H groups in total. The zero-order chi connectivity index (χ0) is 17.6. The summed E-state index contributed by atoms with van der Waals surface area (Å²) in [7, 11) is 0. The van der Waals surface area contributed by atoms with Crippen LogP contribution in [0, 0.1) is 5.41 Å². The molecule has 4 rings (SSSR count). The van der Waals surface area contributed by atoms with Gasteiger partial charge in [-0.15, -0.1) is 0 Å². The summed E-state index contributed by atoms with van der Waals surface area (Å²) < 4.78 is 16.7. The maximum atomic E-state index is 11.2. The van der Waals surface area contributed by atoms with Crippen LogP contribution in [0.3, 0.4) is 0 Å². The van der Waals surface area contributed by atoms with Gasteiger partial charge in [0.1, 0.15) is 5.75 Å². The quantitative estimate of drug-likeness (QED) is 0.868. The van der Waals surface area contributed by atoms with E-state index in [1.165, 1.54) is 0 Å². The van der Waals surface area contributed by atoms with Crippen molar-refractivity contribution < 1.29 is 24.1 Å². The van der Waals surface area contributed by atoms with E-state index in [4.69, 9.17) is 19.3 Å². The summed E-state index contributed by atoms with van der Waals surface area (Å²) in [4.78, 5) is 11.2. The van der Waals surface area contributed by atoms with E-state index < -0.39 is 6.09 Å². The fraction of sp³-hybridized carbons (Fsp3) is 0.316. The molecule has 0 fully saturated rings. The van der Waals surface area contributed by atoms with E-state index in [-0.39, 0.29) is 18.2 Å². The molecule has 2 aliphatic rings. The van der Waals surface area contributed by atoms with E-state index >= 15 is 0 Å². The maximum Gasteiger partial charge on any atom is 0.405 e. The summed E-state index contributed by atoms with van der Waals surface area (Å²) in [5.41, 5.74) is 2.49. The van der Waals surface area contributed by atoms with Gasteiger partial charge in [-0.3, -0.25) is 0 Å². The van der Waals surface area contributed by atoms with Crippen molar-refractivity contribution in [3.63, 3.8) is 0 Å². The van der Waals surface area contributed by atoms with E-state index in [0.717, 1.165) is 28.2 Å². The van der Waals surface area contributed by atoms with Gasteiger partial charge in [-0.25, -0.2) is 4.79 Å². The van der Waals surface area contributed by atoms with Gasteiger partial charge in [0.15, 0.2) is 11.5 Å². The average molecular weight is 341 g/mol. The second-order valence-electron chi connectivity index (χ2n) is 6.98. The van der Waals surface area contributed by atoms with E-state index in [1.54, 1.807) is 0 Å². The molecule has 1 atom stereocenters. The van der Waals surface area contributed by atoms with Crippen molar-refractivity contribution >= 4 is 6.09 Å². The standard InChI is InChI=1S/C19H19NO5/c1-19(2)9-23-15-7-11(3-5-13(15)17(19)20-18(21)22)12-4-6-14-16(8-12)25-10-24-14/h3-8,17,20H,9-10H2,1-2H3,(H,21,22). The van der Waals surface area contributed by atoms with Crippen LogP contribution in [0.4, 0.5) is 4.79 Å². The predicted molar refractivity (Wildman–Crippen MR) is 91.2 cm³/mol. The topological polar surface area (TPSA) is 77.0 Å². The zero-order valence-corrected chi connectivity index (χ0v) is 14.0. The highest BCUT2D eigenvalue weighted by molar-refractivity contribution is 5.71. The van der Waals surface area contributed by atoms with Crippen molar-refractivity contribution in [1.82, 2.24) is 5.32 Å². The molecule has 0 saturated heterocycles. The summed E-state index contributed by atoms with van der Waals surface area (Å²) in [5, 5.41) is 11.8. The Hall–Kier alpha value is -2.89. The van der Waals surface area contributed by atoms with Crippen molar-refractivity contribution in [2.24, 2.45) is 5.41 Å². The van der Waals surface area contributed by atoms with Gasteiger partial charge in [0, 0.05) is 11.0 Å². The first-order valence-corrected chi connectivity index (χ1v) is 8.10. The zero-order valence-electron chi connectivity index (χ0n) is 14.0. The molecule has 2 heterocycles. The van der Waals surface area contributed by atoms with Crippen LogP contribution in [-0.2, 0) is 0 Å². The minimum atomic E-state index is -1.04. The summed E-state index contributed by atoms with van der Waals surface area (Å²) in [6.45, 7) is 4.66. The van der Waals surface area contributed by atoms with Gasteiger partial charge in [-0.1, -0.05) is 32.0 Å². The number of carboxylic acid groups (broad SMARTS) is 1. The number of hydrogen-bond donors (Lipinski definition) is 2. The van der Waals surface area contributed by atoms with Crippen LogP contribution in [0.25, 0.3) is 11.1 Å². The van der Waals surface area contributed by atoms with Gasteiger partial charge in [-0.05, 0) is 29.3 Å². The molecule has 2 aromatic rings. The lowest BCUT2D eigenvalue weighted by atomic mass is 9.78. The van der Waals surface area contributed by atoms with Crippen LogP contribution in [0.2, 0.25) is 0 Å². The van der Waals surface area contributed by atoms with Gasteiger partial charge in [0.25, 0.3) is 0 Å². The van der Waals surface area contributed by atoms with E-state index in [0.29, 0.717) is 12.4 Å². The molecular weight excluding hydrogens is 322 g/mol. The number of amides is 1. The normalized spacial score (nSPS) is 19.7. The van der Waals surface area contributed by atoms with Gasteiger partial charge >= 0.3 is 6.09 Å². The van der Waals surface area contributed by atoms with Crippen molar-refractivity contribution in [2.45, 2.75) is 19.9 Å². The molecule has 0 radical (unpaired) electrons. The lowest BCUT2D eigenvalue weighted by Crippen LogP contribution is -2.43. The number of benzene rings is 2. The number of rotatable bonds is 2. The Kier molecular flexibility index (Phi) is 3.49. The lowest BCUT2D eigenvalue weighted by molar-refractivity contribution is 0.0996. The van der Waals surface area contributed by atoms with Gasteiger partial charge < -0.3 is 24.6 Å². The molecule has 2 aliphatic heterocycles. The molecule has 1 amide bonds. The maximum absolute atomic E-state index is 11.2. The van der Waals surface area contributed by atoms with Crippen molar-refractivity contribution in [3.8, 4) is 28.4 Å². The molecule has 2 aromatic carbocycles. The molecule has 0 bridgehead atoms. The van der Waals surface area contributed by atoms with Crippen molar-refractivity contribution in [2.75, 3.05) is 13.4 Å². The molecular formula is C19H19NO5. The Bertz CT molecular complexity index is 846. The molecule has 0 saturated carbocycles. The SMILES string of the molecule is CC1(C)COc2cc(-c3ccc4c(c3)OCO4)ccc2C1NC(=O)O. The third kappa shape index (κ3) is 2.73. The first-order chi connectivity index (χ1) is 11.9. The smallest absolute Gasteiger partial charge is 0.405 e. The predicted octanol–water partition coefficient (Wildman–Crippen LogP) is 3.81. The molecule has 0 spiro atoms. The molecule has 0 aliphatic carbocycles. The number of ether oxygens (including phenoxy) is 3. The van der Waals surface area contributed by atoms with Gasteiger partial charge in [0.05, 0.1) is 12.6 Å². The van der Waals surface area contributed by atoms with Crippen molar-refractivity contribution in [1.29, 1.82) is 0 Å². The Morgan fingerprint density at radius 3 is 2.48 bits per heavy atom. The molecule has 6 nitrogen and oxygen atoms in total. The Morgan fingerprint density at radius 1 is 1.04 bits per heavy atom. The summed E-state index contributed by atoms with van der Waals surface area (Å²) >= 11 is 0. The minimum absolute atomic E-state index is 0.240. The second-order valence-corrected chi connectivity index (χ2v) is 6.98.